The lowest BCUT2D eigenvalue weighted by molar-refractivity contribution is -0.0897. The van der Waals surface area contributed by atoms with Crippen LogP contribution in [0.1, 0.15) is 55.7 Å². The van der Waals surface area contributed by atoms with E-state index in [2.05, 4.69) is 103 Å². The van der Waals surface area contributed by atoms with Crippen LogP contribution in [-0.4, -0.2) is 42.5 Å². The molecule has 0 N–H and O–H groups in total. The number of fused-ring (bicyclic) bond motifs is 1. The van der Waals surface area contributed by atoms with Crippen LogP contribution in [0.5, 0.6) is 11.5 Å². The van der Waals surface area contributed by atoms with Gasteiger partial charge < -0.3 is 9.64 Å². The highest BCUT2D eigenvalue weighted by Crippen LogP contribution is 2.74. The molecule has 3 heteroatoms. The maximum absolute atomic E-state index is 6.49. The number of hydrogen-bond acceptors (Lipinski definition) is 3. The van der Waals surface area contributed by atoms with Crippen LogP contribution in [0.15, 0.2) is 78.9 Å². The normalized spacial score (nSPS) is 34.4. The van der Waals surface area contributed by atoms with Crippen molar-refractivity contribution >= 4 is 0 Å². The van der Waals surface area contributed by atoms with Crippen LogP contribution < -0.4 is 4.74 Å². The van der Waals surface area contributed by atoms with Crippen LogP contribution in [0.25, 0.3) is 0 Å². The summed E-state index contributed by atoms with van der Waals surface area (Å²) in [5.41, 5.74) is 5.34. The second-order valence-electron chi connectivity index (χ2n) is 14.1. The molecule has 4 fully saturated rings. The number of likely N-dealkylation sites (tertiary alicyclic amines) is 1. The first-order valence-corrected chi connectivity index (χ1v) is 15.9. The van der Waals surface area contributed by atoms with E-state index in [0.717, 1.165) is 29.9 Å². The molecule has 0 aromatic heterocycles. The van der Waals surface area contributed by atoms with Gasteiger partial charge in [-0.1, -0.05) is 61.5 Å². The van der Waals surface area contributed by atoms with Gasteiger partial charge in [-0.3, -0.25) is 4.90 Å². The summed E-state index contributed by atoms with van der Waals surface area (Å²) in [6.07, 6.45) is 8.21. The molecule has 3 nitrogen and oxygen atoms in total. The first-order valence-electron chi connectivity index (χ1n) is 15.9. The Morgan fingerprint density at radius 1 is 0.925 bits per heavy atom. The zero-order valence-corrected chi connectivity index (χ0v) is 24.3. The number of rotatable bonds is 7. The van der Waals surface area contributed by atoms with Crippen LogP contribution in [0.2, 0.25) is 0 Å². The Morgan fingerprint density at radius 3 is 2.48 bits per heavy atom. The fraction of sp³-hybridized carbons (Fsp3) is 0.514. The van der Waals surface area contributed by atoms with E-state index in [1.807, 2.05) is 0 Å². The van der Waals surface area contributed by atoms with Gasteiger partial charge in [-0.25, -0.2) is 0 Å². The third kappa shape index (κ3) is 3.84. The smallest absolute Gasteiger partial charge is 0.127 e. The van der Waals surface area contributed by atoms with Gasteiger partial charge in [-0.2, -0.15) is 0 Å². The summed E-state index contributed by atoms with van der Waals surface area (Å²) < 4.78 is 6.49. The minimum atomic E-state index is 0.256. The zero-order valence-electron chi connectivity index (χ0n) is 24.3. The molecule has 1 aliphatic heterocycles. The highest BCUT2D eigenvalue weighted by molar-refractivity contribution is 5.52. The van der Waals surface area contributed by atoms with Gasteiger partial charge in [-0.05, 0) is 116 Å². The van der Waals surface area contributed by atoms with E-state index in [0.29, 0.717) is 23.3 Å². The Morgan fingerprint density at radius 2 is 1.70 bits per heavy atom. The van der Waals surface area contributed by atoms with E-state index in [1.165, 1.54) is 63.7 Å². The SMILES string of the molecule is C[C@@H]1CC23CCC(N(C)Cc4ccccc4)C1C21c2cc(Oc4ccccc4)ccc2CC1CN(CC1CC1)C3. The largest absolute Gasteiger partial charge is 0.457 e. The molecule has 1 heterocycles. The minimum absolute atomic E-state index is 0.256. The summed E-state index contributed by atoms with van der Waals surface area (Å²) in [6.45, 7) is 7.57. The van der Waals surface area contributed by atoms with Gasteiger partial charge in [0.25, 0.3) is 0 Å². The summed E-state index contributed by atoms with van der Waals surface area (Å²) in [5, 5.41) is 0. The lowest BCUT2D eigenvalue weighted by Gasteiger charge is -2.62. The molecular formula is C37H44N2O. The molecule has 3 aromatic rings. The molecule has 40 heavy (non-hydrogen) atoms. The van der Waals surface area contributed by atoms with Crippen molar-refractivity contribution in [3.05, 3.63) is 95.6 Å². The predicted octanol–water partition coefficient (Wildman–Crippen LogP) is 7.55. The highest BCUT2D eigenvalue weighted by Gasteiger charge is 2.73. The van der Waals surface area contributed by atoms with Gasteiger partial charge in [0.2, 0.25) is 0 Å². The van der Waals surface area contributed by atoms with E-state index in [-0.39, 0.29) is 5.41 Å². The molecule has 0 radical (unpaired) electrons. The molecule has 1 spiro atoms. The Balaban J connectivity index is 1.21. The molecule has 8 rings (SSSR count). The first kappa shape index (κ1) is 25.1. The second-order valence-corrected chi connectivity index (χ2v) is 14.1. The third-order valence-electron chi connectivity index (χ3n) is 11.7. The van der Waals surface area contributed by atoms with Crippen LogP contribution in [-0.2, 0) is 18.4 Å². The topological polar surface area (TPSA) is 15.7 Å². The van der Waals surface area contributed by atoms with Gasteiger partial charge in [0.1, 0.15) is 11.5 Å². The standard InChI is InChI=1S/C37H44N2O/c1-26-21-36-18-17-34(38(2)22-27-9-5-3-6-10-27)35(26)37(36)30(24-39(25-36)23-28-13-14-28)19-29-15-16-32(20-33(29)37)40-31-11-7-4-8-12-31/h3-12,15-16,20,26,28,30,34-35H,13-14,17-19,21-25H2,1-2H3/t26-,30?,34?,35?,36?,37?/m1/s1. The zero-order chi connectivity index (χ0) is 26.9. The summed E-state index contributed by atoms with van der Waals surface area (Å²) in [5.74, 6) is 5.05. The molecular weight excluding hydrogens is 488 g/mol. The number of nitrogens with zero attached hydrogens (tertiary/aromatic N) is 2. The Bertz CT molecular complexity index is 1370. The van der Waals surface area contributed by atoms with Crippen molar-refractivity contribution in [2.75, 3.05) is 26.7 Å². The van der Waals surface area contributed by atoms with E-state index < -0.39 is 0 Å². The Hall–Kier alpha value is -2.62. The molecule has 0 amide bonds. The number of hydrogen-bond donors (Lipinski definition) is 0. The summed E-state index contributed by atoms with van der Waals surface area (Å²) in [7, 11) is 2.41. The predicted molar refractivity (Wildman–Crippen MR) is 162 cm³/mol. The van der Waals surface area contributed by atoms with Crippen molar-refractivity contribution in [1.82, 2.24) is 9.80 Å². The fourth-order valence-corrected chi connectivity index (χ4v) is 10.5. The fourth-order valence-electron chi connectivity index (χ4n) is 10.5. The van der Waals surface area contributed by atoms with E-state index in [4.69, 9.17) is 4.74 Å². The lowest BCUT2D eigenvalue weighted by Crippen LogP contribution is -2.66. The second kappa shape index (κ2) is 9.46. The Labute approximate surface area is 240 Å². The average Bonchev–Trinajstić information content (AvgIpc) is 3.69. The van der Waals surface area contributed by atoms with Crippen molar-refractivity contribution in [2.45, 2.75) is 63.5 Å². The van der Waals surface area contributed by atoms with E-state index >= 15 is 0 Å². The summed E-state index contributed by atoms with van der Waals surface area (Å²) >= 11 is 0. The average molecular weight is 533 g/mol. The minimum Gasteiger partial charge on any atom is -0.457 e. The number of para-hydroxylation sites is 1. The molecule has 5 aliphatic rings. The van der Waals surface area contributed by atoms with E-state index in [1.54, 1.807) is 11.1 Å². The van der Waals surface area contributed by atoms with Crippen molar-refractivity contribution in [3.8, 4) is 11.5 Å². The summed E-state index contributed by atoms with van der Waals surface area (Å²) in [6, 6.07) is 29.3. The number of ether oxygens (including phenoxy) is 1. The van der Waals surface area contributed by atoms with Crippen LogP contribution in [0, 0.1) is 29.1 Å². The van der Waals surface area contributed by atoms with Crippen LogP contribution >= 0.6 is 0 Å². The molecule has 208 valence electrons. The Kier molecular flexibility index (Phi) is 5.94. The molecule has 3 saturated carbocycles. The number of piperidine rings is 1. The van der Waals surface area contributed by atoms with Crippen LogP contribution in [0.3, 0.4) is 0 Å². The first-order chi connectivity index (χ1) is 19.6. The highest BCUT2D eigenvalue weighted by atomic mass is 16.5. The van der Waals surface area contributed by atoms with Gasteiger partial charge in [-0.15, -0.1) is 0 Å². The molecule has 4 aliphatic carbocycles. The number of benzene rings is 3. The maximum Gasteiger partial charge on any atom is 0.127 e. The molecule has 1 saturated heterocycles. The maximum atomic E-state index is 6.49. The van der Waals surface area contributed by atoms with Crippen LogP contribution in [0.4, 0.5) is 0 Å². The van der Waals surface area contributed by atoms with Crippen molar-refractivity contribution < 1.29 is 4.74 Å². The third-order valence-corrected chi connectivity index (χ3v) is 11.7. The molecule has 2 bridgehead atoms. The quantitative estimate of drug-likeness (QED) is 0.312. The van der Waals surface area contributed by atoms with Crippen molar-refractivity contribution in [3.63, 3.8) is 0 Å². The van der Waals surface area contributed by atoms with E-state index in [9.17, 15) is 0 Å². The monoisotopic (exact) mass is 532 g/mol. The lowest BCUT2D eigenvalue weighted by atomic mass is 9.47. The molecule has 5 unspecified atom stereocenters. The summed E-state index contributed by atoms with van der Waals surface area (Å²) in [4.78, 5) is 5.66. The molecule has 6 atom stereocenters. The van der Waals surface area contributed by atoms with Gasteiger partial charge in [0.15, 0.2) is 0 Å². The van der Waals surface area contributed by atoms with Gasteiger partial charge in [0, 0.05) is 37.6 Å². The molecule has 3 aromatic carbocycles. The van der Waals surface area contributed by atoms with Gasteiger partial charge in [0.05, 0.1) is 0 Å². The van der Waals surface area contributed by atoms with Gasteiger partial charge >= 0.3 is 0 Å². The van der Waals surface area contributed by atoms with Crippen molar-refractivity contribution in [1.29, 1.82) is 0 Å². The van der Waals surface area contributed by atoms with Crippen molar-refractivity contribution in [2.24, 2.45) is 29.1 Å².